The molecule has 0 saturated heterocycles. The summed E-state index contributed by atoms with van der Waals surface area (Å²) in [4.78, 5) is 18.6. The van der Waals surface area contributed by atoms with Gasteiger partial charge in [0, 0.05) is 11.8 Å². The lowest BCUT2D eigenvalue weighted by atomic mass is 10.1. The van der Waals surface area contributed by atoms with Gasteiger partial charge in [0.15, 0.2) is 11.6 Å². The Hall–Kier alpha value is -3.03. The highest BCUT2D eigenvalue weighted by Crippen LogP contribution is 2.25. The molecule has 2 aromatic heterocycles. The number of carboxylic acid groups (broad SMARTS) is 1. The van der Waals surface area contributed by atoms with E-state index in [9.17, 15) is 9.18 Å². The molecule has 21 heavy (non-hydrogen) atoms. The van der Waals surface area contributed by atoms with Gasteiger partial charge in [-0.15, -0.1) is 5.10 Å². The Morgan fingerprint density at radius 3 is 2.86 bits per heavy atom. The van der Waals surface area contributed by atoms with Crippen LogP contribution in [0.4, 0.5) is 4.39 Å². The van der Waals surface area contributed by atoms with E-state index >= 15 is 0 Å². The quantitative estimate of drug-likeness (QED) is 0.788. The summed E-state index contributed by atoms with van der Waals surface area (Å²) in [5.74, 6) is -1.91. The average Bonchev–Trinajstić information content (AvgIpc) is 2.91. The summed E-state index contributed by atoms with van der Waals surface area (Å²) < 4.78 is 19.9. The maximum absolute atomic E-state index is 13.8. The van der Waals surface area contributed by atoms with Crippen molar-refractivity contribution < 1.29 is 19.0 Å². The number of nitrogens with zero attached hydrogens (tertiary/aromatic N) is 4. The van der Waals surface area contributed by atoms with Gasteiger partial charge in [0.05, 0.1) is 12.8 Å². The van der Waals surface area contributed by atoms with Gasteiger partial charge in [-0.1, -0.05) is 0 Å². The third kappa shape index (κ3) is 2.16. The lowest BCUT2D eigenvalue weighted by Crippen LogP contribution is -2.00. The first kappa shape index (κ1) is 13.0. The molecule has 0 amide bonds. The van der Waals surface area contributed by atoms with Gasteiger partial charge in [0.25, 0.3) is 11.6 Å². The maximum Gasteiger partial charge on any atom is 0.375 e. The Balaban J connectivity index is 2.20. The molecule has 3 aromatic rings. The zero-order valence-corrected chi connectivity index (χ0v) is 10.8. The molecule has 0 atom stereocenters. The number of ether oxygens (including phenoxy) is 1. The molecule has 1 N–H and O–H groups in total. The molecule has 0 fully saturated rings. The van der Waals surface area contributed by atoms with Crippen LogP contribution in [0.15, 0.2) is 30.5 Å². The van der Waals surface area contributed by atoms with Crippen molar-refractivity contribution in [2.45, 2.75) is 0 Å². The van der Waals surface area contributed by atoms with Crippen LogP contribution in [0.5, 0.6) is 5.75 Å². The number of hydrogen-bond acceptors (Lipinski definition) is 5. The van der Waals surface area contributed by atoms with Crippen molar-refractivity contribution in [1.82, 2.24) is 19.6 Å². The lowest BCUT2D eigenvalue weighted by molar-refractivity contribution is 0.0684. The van der Waals surface area contributed by atoms with Crippen LogP contribution in [0, 0.1) is 5.82 Å². The highest BCUT2D eigenvalue weighted by molar-refractivity contribution is 5.83. The number of aromatic nitrogens is 4. The Bertz CT molecular complexity index is 847. The minimum absolute atomic E-state index is 0.119. The van der Waals surface area contributed by atoms with E-state index in [0.29, 0.717) is 11.3 Å². The molecule has 0 saturated carbocycles. The van der Waals surface area contributed by atoms with E-state index in [1.54, 1.807) is 12.1 Å². The number of methoxy groups -OCH3 is 1. The molecular formula is C13H9FN4O3. The molecule has 0 spiro atoms. The number of carboxylic acids is 1. The molecule has 7 nitrogen and oxygen atoms in total. The SMILES string of the molecule is COc1ccc(-c2ccnc3nc(C(=O)O)nn23)cc1F. The van der Waals surface area contributed by atoms with E-state index in [1.165, 1.54) is 30.0 Å². The van der Waals surface area contributed by atoms with Crippen LogP contribution in [-0.2, 0) is 0 Å². The van der Waals surface area contributed by atoms with Crippen LogP contribution in [0.1, 0.15) is 10.6 Å². The van der Waals surface area contributed by atoms with E-state index in [2.05, 4.69) is 15.1 Å². The third-order valence-electron chi connectivity index (χ3n) is 2.88. The zero-order chi connectivity index (χ0) is 15.0. The van der Waals surface area contributed by atoms with Gasteiger partial charge in [0.2, 0.25) is 0 Å². The Morgan fingerprint density at radius 1 is 1.38 bits per heavy atom. The first-order chi connectivity index (χ1) is 10.1. The van der Waals surface area contributed by atoms with Crippen molar-refractivity contribution in [3.05, 3.63) is 42.1 Å². The fourth-order valence-corrected chi connectivity index (χ4v) is 1.93. The Labute approximate surface area is 117 Å². The predicted octanol–water partition coefficient (Wildman–Crippen LogP) is 1.64. The van der Waals surface area contributed by atoms with Gasteiger partial charge in [0.1, 0.15) is 0 Å². The topological polar surface area (TPSA) is 89.6 Å². The van der Waals surface area contributed by atoms with Crippen molar-refractivity contribution in [3.8, 4) is 17.0 Å². The molecule has 0 aliphatic rings. The third-order valence-corrected chi connectivity index (χ3v) is 2.88. The van der Waals surface area contributed by atoms with Crippen molar-refractivity contribution in [2.75, 3.05) is 7.11 Å². The number of aromatic carboxylic acids is 1. The normalized spacial score (nSPS) is 10.8. The van der Waals surface area contributed by atoms with Crippen LogP contribution in [-0.4, -0.2) is 37.8 Å². The van der Waals surface area contributed by atoms with Gasteiger partial charge in [-0.2, -0.15) is 9.50 Å². The number of halogens is 1. The van der Waals surface area contributed by atoms with Gasteiger partial charge in [-0.3, -0.25) is 0 Å². The van der Waals surface area contributed by atoms with E-state index in [-0.39, 0.29) is 17.4 Å². The van der Waals surface area contributed by atoms with Crippen LogP contribution >= 0.6 is 0 Å². The number of rotatable bonds is 3. The fourth-order valence-electron chi connectivity index (χ4n) is 1.93. The number of carbonyl (C=O) groups is 1. The molecule has 0 aliphatic heterocycles. The van der Waals surface area contributed by atoms with Crippen molar-refractivity contribution in [2.24, 2.45) is 0 Å². The molecule has 2 heterocycles. The van der Waals surface area contributed by atoms with Gasteiger partial charge in [-0.05, 0) is 24.3 Å². The number of fused-ring (bicyclic) bond motifs is 1. The second kappa shape index (κ2) is 4.82. The summed E-state index contributed by atoms with van der Waals surface area (Å²) in [5, 5.41) is 12.8. The fraction of sp³-hybridized carbons (Fsp3) is 0.0769. The largest absolute Gasteiger partial charge is 0.494 e. The lowest BCUT2D eigenvalue weighted by Gasteiger charge is -2.06. The molecular weight excluding hydrogens is 279 g/mol. The minimum atomic E-state index is -1.26. The number of benzene rings is 1. The molecule has 0 radical (unpaired) electrons. The van der Waals surface area contributed by atoms with Gasteiger partial charge >= 0.3 is 5.97 Å². The second-order valence-corrected chi connectivity index (χ2v) is 4.13. The van der Waals surface area contributed by atoms with Crippen molar-refractivity contribution in [1.29, 1.82) is 0 Å². The van der Waals surface area contributed by atoms with Gasteiger partial charge < -0.3 is 9.84 Å². The van der Waals surface area contributed by atoms with E-state index in [0.717, 1.165) is 0 Å². The molecule has 106 valence electrons. The molecule has 0 bridgehead atoms. The predicted molar refractivity (Wildman–Crippen MR) is 69.7 cm³/mol. The van der Waals surface area contributed by atoms with Gasteiger partial charge in [-0.25, -0.2) is 14.2 Å². The summed E-state index contributed by atoms with van der Waals surface area (Å²) in [5.41, 5.74) is 0.976. The number of hydrogen-bond donors (Lipinski definition) is 1. The summed E-state index contributed by atoms with van der Waals surface area (Å²) >= 11 is 0. The summed E-state index contributed by atoms with van der Waals surface area (Å²) in [6.45, 7) is 0. The average molecular weight is 288 g/mol. The van der Waals surface area contributed by atoms with Crippen molar-refractivity contribution >= 4 is 11.7 Å². The standard InChI is InChI=1S/C13H9FN4O3/c1-21-10-3-2-7(6-8(10)14)9-4-5-15-13-16-11(12(19)20)17-18(9)13/h2-6H,1H3,(H,19,20). The zero-order valence-electron chi connectivity index (χ0n) is 10.8. The minimum Gasteiger partial charge on any atom is -0.494 e. The van der Waals surface area contributed by atoms with Crippen LogP contribution in [0.3, 0.4) is 0 Å². The smallest absolute Gasteiger partial charge is 0.375 e. The van der Waals surface area contributed by atoms with Crippen LogP contribution in [0.2, 0.25) is 0 Å². The van der Waals surface area contributed by atoms with E-state index < -0.39 is 11.8 Å². The molecule has 0 aliphatic carbocycles. The molecule has 8 heteroatoms. The first-order valence-corrected chi connectivity index (χ1v) is 5.89. The van der Waals surface area contributed by atoms with E-state index in [1.807, 2.05) is 0 Å². The first-order valence-electron chi connectivity index (χ1n) is 5.89. The summed E-state index contributed by atoms with van der Waals surface area (Å²) in [7, 11) is 1.37. The molecule has 1 aromatic carbocycles. The Morgan fingerprint density at radius 2 is 2.19 bits per heavy atom. The second-order valence-electron chi connectivity index (χ2n) is 4.13. The maximum atomic E-state index is 13.8. The summed E-state index contributed by atoms with van der Waals surface area (Å²) in [6, 6.07) is 5.98. The summed E-state index contributed by atoms with van der Waals surface area (Å²) in [6.07, 6.45) is 1.45. The van der Waals surface area contributed by atoms with Crippen molar-refractivity contribution in [3.63, 3.8) is 0 Å². The molecule has 3 rings (SSSR count). The highest BCUT2D eigenvalue weighted by atomic mass is 19.1. The Kier molecular flexibility index (Phi) is 2.98. The van der Waals surface area contributed by atoms with E-state index in [4.69, 9.17) is 9.84 Å². The highest BCUT2D eigenvalue weighted by Gasteiger charge is 2.15. The van der Waals surface area contributed by atoms with Crippen LogP contribution < -0.4 is 4.74 Å². The molecule has 0 unspecified atom stereocenters. The monoisotopic (exact) mass is 288 g/mol. The van der Waals surface area contributed by atoms with Crippen LogP contribution in [0.25, 0.3) is 17.0 Å².